The molecule has 3 aromatic rings. The molecular formula is C22H20F3N6OS+. The average Bonchev–Trinajstić information content (AvgIpc) is 3.26. The Labute approximate surface area is 189 Å². The van der Waals surface area contributed by atoms with Crippen molar-refractivity contribution < 1.29 is 18.0 Å². The monoisotopic (exact) mass is 473 g/mol. The average molecular weight is 474 g/mol. The van der Waals surface area contributed by atoms with Crippen LogP contribution in [-0.2, 0) is 0 Å². The summed E-state index contributed by atoms with van der Waals surface area (Å²) in [7, 11) is -0.894. The van der Waals surface area contributed by atoms with Gasteiger partial charge in [0.05, 0.1) is 16.3 Å². The van der Waals surface area contributed by atoms with Crippen molar-refractivity contribution in [3.63, 3.8) is 0 Å². The van der Waals surface area contributed by atoms with Crippen molar-refractivity contribution in [1.29, 1.82) is 0 Å². The Kier molecular flexibility index (Phi) is 6.62. The zero-order chi connectivity index (χ0) is 23.4. The summed E-state index contributed by atoms with van der Waals surface area (Å²) in [5.74, 6) is 0.162. The van der Waals surface area contributed by atoms with Crippen LogP contribution in [0.3, 0.4) is 0 Å². The Bertz CT molecular complexity index is 1280. The van der Waals surface area contributed by atoms with Gasteiger partial charge in [-0.1, -0.05) is 6.07 Å². The fraction of sp³-hybridized carbons (Fsp3) is 0.273. The third kappa shape index (κ3) is 5.68. The van der Waals surface area contributed by atoms with Crippen LogP contribution in [0.5, 0.6) is 0 Å². The number of fused-ring (bicyclic) bond motifs is 1. The Morgan fingerprint density at radius 3 is 2.70 bits per heavy atom. The van der Waals surface area contributed by atoms with E-state index in [9.17, 15) is 18.0 Å². The molecule has 11 heteroatoms. The molecule has 0 saturated heterocycles. The van der Waals surface area contributed by atoms with Gasteiger partial charge in [-0.05, 0) is 54.3 Å². The number of carbonyl (C=O) groups is 1. The molecule has 4 rings (SSSR count). The van der Waals surface area contributed by atoms with Crippen LogP contribution in [0, 0.1) is 6.92 Å². The maximum absolute atomic E-state index is 12.6. The lowest BCUT2D eigenvalue weighted by atomic mass is 10.2. The molecule has 1 atom stereocenters. The number of halogens is 3. The summed E-state index contributed by atoms with van der Waals surface area (Å²) >= 11 is 0. The molecule has 1 aromatic heterocycles. The van der Waals surface area contributed by atoms with Gasteiger partial charge in [0, 0.05) is 36.1 Å². The van der Waals surface area contributed by atoms with Crippen LogP contribution in [0.2, 0.25) is 0 Å². The van der Waals surface area contributed by atoms with Gasteiger partial charge < -0.3 is 0 Å². The van der Waals surface area contributed by atoms with Crippen LogP contribution in [0.15, 0.2) is 68.6 Å². The van der Waals surface area contributed by atoms with Gasteiger partial charge in [-0.3, -0.25) is 9.79 Å². The van der Waals surface area contributed by atoms with E-state index in [-0.39, 0.29) is 6.42 Å². The van der Waals surface area contributed by atoms with Gasteiger partial charge in [0.25, 0.3) is 0 Å². The molecule has 2 aromatic carbocycles. The first-order valence-electron chi connectivity index (χ1n) is 10.2. The lowest BCUT2D eigenvalue weighted by Crippen LogP contribution is -2.10. The zero-order valence-corrected chi connectivity index (χ0v) is 18.5. The second-order valence-corrected chi connectivity index (χ2v) is 9.74. The van der Waals surface area contributed by atoms with E-state index in [1.165, 1.54) is 0 Å². The Hall–Kier alpha value is -3.43. The third-order valence-electron chi connectivity index (χ3n) is 5.00. The summed E-state index contributed by atoms with van der Waals surface area (Å²) in [6, 6.07) is 13.9. The van der Waals surface area contributed by atoms with Crippen LogP contribution >= 0.6 is 10.9 Å². The predicted molar refractivity (Wildman–Crippen MR) is 121 cm³/mol. The molecule has 0 aliphatic carbocycles. The van der Waals surface area contributed by atoms with E-state index in [1.807, 2.05) is 13.0 Å². The SMILES string of the molecule is Cc1cc2c(N=[N+]=NC(=O)c3ccc([SH]4CCN=C4CCC(F)(F)F)cc3)cccc2nn1. The van der Waals surface area contributed by atoms with E-state index >= 15 is 0 Å². The van der Waals surface area contributed by atoms with Crippen LogP contribution in [0.1, 0.15) is 28.9 Å². The predicted octanol–water partition coefficient (Wildman–Crippen LogP) is 5.50. The number of rotatable bonds is 5. The van der Waals surface area contributed by atoms with Gasteiger partial charge in [-0.15, -0.1) is 0 Å². The molecule has 170 valence electrons. The number of carbonyl (C=O) groups excluding carboxylic acids is 1. The van der Waals surface area contributed by atoms with Crippen molar-refractivity contribution in [2.75, 3.05) is 12.3 Å². The van der Waals surface area contributed by atoms with E-state index in [0.29, 0.717) is 28.4 Å². The summed E-state index contributed by atoms with van der Waals surface area (Å²) in [4.78, 5) is 21.2. The number of hydrogen-bond donors (Lipinski definition) is 1. The van der Waals surface area contributed by atoms with Crippen molar-refractivity contribution in [3.8, 4) is 0 Å². The molecular weight excluding hydrogens is 453 g/mol. The second-order valence-electron chi connectivity index (χ2n) is 7.40. The van der Waals surface area contributed by atoms with Crippen molar-refractivity contribution in [1.82, 2.24) is 15.1 Å². The lowest BCUT2D eigenvalue weighted by molar-refractivity contribution is -0.132. The maximum Gasteiger partial charge on any atom is 0.389 e. The Balaban J connectivity index is 1.46. The van der Waals surface area contributed by atoms with Crippen molar-refractivity contribution >= 4 is 38.4 Å². The first-order valence-corrected chi connectivity index (χ1v) is 11.7. The molecule has 0 saturated carbocycles. The number of benzene rings is 2. The fourth-order valence-electron chi connectivity index (χ4n) is 3.43. The second kappa shape index (κ2) is 9.60. The smallest absolute Gasteiger partial charge is 0.284 e. The minimum Gasteiger partial charge on any atom is -0.284 e. The van der Waals surface area contributed by atoms with Crippen LogP contribution in [0.4, 0.5) is 18.9 Å². The van der Waals surface area contributed by atoms with Crippen LogP contribution in [-0.4, -0.2) is 39.6 Å². The molecule has 33 heavy (non-hydrogen) atoms. The fourth-order valence-corrected chi connectivity index (χ4v) is 5.70. The molecule has 7 nitrogen and oxygen atoms in total. The largest absolute Gasteiger partial charge is 0.389 e. The van der Waals surface area contributed by atoms with E-state index in [4.69, 9.17) is 0 Å². The van der Waals surface area contributed by atoms with Gasteiger partial charge in [-0.2, -0.15) is 34.3 Å². The number of hydrogen-bond acceptors (Lipinski definition) is 5. The number of nitrogens with zero attached hydrogens (tertiary/aromatic N) is 6. The highest BCUT2D eigenvalue weighted by atomic mass is 32.2. The molecule has 1 aliphatic heterocycles. The first kappa shape index (κ1) is 22.8. The number of amides is 1. The molecule has 0 radical (unpaired) electrons. The van der Waals surface area contributed by atoms with Crippen molar-refractivity contribution in [2.45, 2.75) is 30.8 Å². The summed E-state index contributed by atoms with van der Waals surface area (Å²) in [6.07, 6.45) is -5.14. The minimum absolute atomic E-state index is 0.0785. The molecule has 0 bridgehead atoms. The highest BCUT2D eigenvalue weighted by Crippen LogP contribution is 2.43. The standard InChI is InChI=1S/C22H20F3N6OS/c1-14-13-17-18(28-27-14)3-2-4-19(17)29-31-30-21(32)15-5-7-16(8-6-15)33-12-11-26-20(33)9-10-22(23,24)25/h2-8,13,33H,9-12H2,1H3/q+1. The number of alkyl halides is 3. The van der Waals surface area contributed by atoms with Crippen LogP contribution < -0.4 is 4.91 Å². The van der Waals surface area contributed by atoms with Crippen molar-refractivity contribution in [2.24, 2.45) is 15.2 Å². The van der Waals surface area contributed by atoms with Crippen LogP contribution in [0.25, 0.3) is 10.9 Å². The van der Waals surface area contributed by atoms with Crippen molar-refractivity contribution in [3.05, 3.63) is 59.8 Å². The summed E-state index contributed by atoms with van der Waals surface area (Å²) < 4.78 is 37.7. The highest BCUT2D eigenvalue weighted by molar-refractivity contribution is 8.30. The number of thiol groups is 1. The first-order chi connectivity index (χ1) is 15.8. The molecule has 0 fully saturated rings. The van der Waals surface area contributed by atoms with E-state index in [0.717, 1.165) is 21.7 Å². The number of aromatic nitrogens is 2. The Morgan fingerprint density at radius 1 is 1.15 bits per heavy atom. The number of aryl methyl sites for hydroxylation is 1. The lowest BCUT2D eigenvalue weighted by Gasteiger charge is -2.18. The molecule has 0 spiro atoms. The third-order valence-corrected chi connectivity index (χ3v) is 7.56. The summed E-state index contributed by atoms with van der Waals surface area (Å²) in [5.41, 5.74) is 2.23. The highest BCUT2D eigenvalue weighted by Gasteiger charge is 2.29. The van der Waals surface area contributed by atoms with E-state index < -0.39 is 29.4 Å². The van der Waals surface area contributed by atoms with E-state index in [2.05, 4.69) is 30.3 Å². The number of aliphatic imine (C=N–C) groups is 1. The topological polar surface area (TPSA) is 94.0 Å². The quantitative estimate of drug-likeness (QED) is 0.301. The molecule has 1 amide bonds. The maximum atomic E-state index is 12.6. The zero-order valence-electron chi connectivity index (χ0n) is 17.6. The minimum atomic E-state index is -4.20. The molecule has 1 unspecified atom stereocenters. The van der Waals surface area contributed by atoms with E-state index in [1.54, 1.807) is 42.5 Å². The summed E-state index contributed by atoms with van der Waals surface area (Å²) in [6.45, 7) is 2.35. The summed E-state index contributed by atoms with van der Waals surface area (Å²) in [5, 5.41) is 17.2. The van der Waals surface area contributed by atoms with Gasteiger partial charge >= 0.3 is 12.1 Å². The normalized spacial score (nSPS) is 16.8. The van der Waals surface area contributed by atoms with Gasteiger partial charge in [0.2, 0.25) is 10.0 Å². The van der Waals surface area contributed by atoms with Gasteiger partial charge in [-0.25, -0.2) is 0 Å². The Morgan fingerprint density at radius 2 is 1.94 bits per heavy atom. The molecule has 1 aliphatic rings. The van der Waals surface area contributed by atoms with Gasteiger partial charge in [0.15, 0.2) is 10.8 Å². The molecule has 2 heterocycles. The molecule has 0 N–H and O–H groups in total. The van der Waals surface area contributed by atoms with Gasteiger partial charge in [0.1, 0.15) is 0 Å².